The number of halogens is 3. The Morgan fingerprint density at radius 1 is 1.10 bits per heavy atom. The fourth-order valence-electron chi connectivity index (χ4n) is 3.40. The number of aryl methyl sites for hydroxylation is 1. The van der Waals surface area contributed by atoms with Gasteiger partial charge in [0.1, 0.15) is 0 Å². The van der Waals surface area contributed by atoms with E-state index in [9.17, 15) is 13.2 Å². The Bertz CT molecular complexity index is 606. The van der Waals surface area contributed by atoms with Gasteiger partial charge in [0, 0.05) is 17.1 Å². The molecular weight excluding hydrogens is 275 g/mol. The summed E-state index contributed by atoms with van der Waals surface area (Å²) >= 11 is 0. The van der Waals surface area contributed by atoms with E-state index >= 15 is 0 Å². The predicted octanol–water partition coefficient (Wildman–Crippen LogP) is 5.70. The first-order valence-electron chi connectivity index (χ1n) is 7.71. The van der Waals surface area contributed by atoms with Crippen molar-refractivity contribution in [2.75, 3.05) is 0 Å². The van der Waals surface area contributed by atoms with E-state index in [1.807, 2.05) is 6.20 Å². The van der Waals surface area contributed by atoms with Crippen LogP contribution in [0.3, 0.4) is 0 Å². The number of H-pyrrole nitrogens is 1. The number of aromatic nitrogens is 1. The van der Waals surface area contributed by atoms with Crippen LogP contribution in [-0.4, -0.2) is 4.98 Å². The van der Waals surface area contributed by atoms with Crippen molar-refractivity contribution in [1.29, 1.82) is 0 Å². The minimum absolute atomic E-state index is 0.562. The van der Waals surface area contributed by atoms with Gasteiger partial charge in [-0.3, -0.25) is 0 Å². The summed E-state index contributed by atoms with van der Waals surface area (Å²) in [6.45, 7) is 0. The smallest absolute Gasteiger partial charge is 0.361 e. The van der Waals surface area contributed by atoms with Crippen LogP contribution >= 0.6 is 0 Å². The Morgan fingerprint density at radius 3 is 2.57 bits per heavy atom. The van der Waals surface area contributed by atoms with Gasteiger partial charge < -0.3 is 4.98 Å². The molecule has 1 N–H and O–H groups in total. The maximum atomic E-state index is 12.8. The molecule has 1 aromatic carbocycles. The van der Waals surface area contributed by atoms with E-state index in [1.54, 1.807) is 0 Å². The highest BCUT2D eigenvalue weighted by Gasteiger charge is 2.30. The first-order valence-corrected chi connectivity index (χ1v) is 7.71. The largest absolute Gasteiger partial charge is 0.416 e. The summed E-state index contributed by atoms with van der Waals surface area (Å²) in [6, 6.07) is 3.95. The molecule has 0 radical (unpaired) electrons. The number of alkyl halides is 3. The molecule has 1 nitrogen and oxygen atoms in total. The van der Waals surface area contributed by atoms with Crippen LogP contribution in [0.25, 0.3) is 10.9 Å². The fourth-order valence-corrected chi connectivity index (χ4v) is 3.40. The van der Waals surface area contributed by atoms with Crippen LogP contribution in [0.15, 0.2) is 24.4 Å². The second-order valence-corrected chi connectivity index (χ2v) is 6.11. The maximum absolute atomic E-state index is 12.8. The van der Waals surface area contributed by atoms with Crippen molar-refractivity contribution in [1.82, 2.24) is 4.98 Å². The molecule has 21 heavy (non-hydrogen) atoms. The van der Waals surface area contributed by atoms with Crippen molar-refractivity contribution in [3.8, 4) is 0 Å². The van der Waals surface area contributed by atoms with Crippen molar-refractivity contribution >= 4 is 10.9 Å². The minimum Gasteiger partial charge on any atom is -0.361 e. The van der Waals surface area contributed by atoms with Gasteiger partial charge in [-0.15, -0.1) is 0 Å². The third kappa shape index (κ3) is 3.25. The molecule has 0 bridgehead atoms. The van der Waals surface area contributed by atoms with Crippen LogP contribution < -0.4 is 0 Å². The highest BCUT2D eigenvalue weighted by Crippen LogP contribution is 2.33. The lowest BCUT2D eigenvalue weighted by atomic mass is 9.85. The molecule has 1 aromatic heterocycles. The summed E-state index contributed by atoms with van der Waals surface area (Å²) < 4.78 is 38.5. The Balaban J connectivity index is 1.78. The Kier molecular flexibility index (Phi) is 3.96. The molecule has 0 saturated heterocycles. The van der Waals surface area contributed by atoms with Crippen molar-refractivity contribution in [2.45, 2.75) is 51.1 Å². The first kappa shape index (κ1) is 14.5. The van der Waals surface area contributed by atoms with E-state index in [-0.39, 0.29) is 0 Å². The summed E-state index contributed by atoms with van der Waals surface area (Å²) in [4.78, 5) is 3.09. The minimum atomic E-state index is -4.27. The predicted molar refractivity (Wildman–Crippen MR) is 78.2 cm³/mol. The molecule has 4 heteroatoms. The molecule has 1 heterocycles. The normalized spacial score (nSPS) is 17.5. The molecule has 1 aliphatic rings. The van der Waals surface area contributed by atoms with Crippen LogP contribution in [0.4, 0.5) is 13.2 Å². The lowest BCUT2D eigenvalue weighted by molar-refractivity contribution is -0.137. The van der Waals surface area contributed by atoms with Gasteiger partial charge in [-0.2, -0.15) is 13.2 Å². The Hall–Kier alpha value is -1.45. The number of aromatic amines is 1. The molecule has 0 unspecified atom stereocenters. The molecule has 0 spiro atoms. The van der Waals surface area contributed by atoms with Gasteiger partial charge in [-0.25, -0.2) is 0 Å². The molecular formula is C17H20F3N. The molecule has 1 aliphatic carbocycles. The quantitative estimate of drug-likeness (QED) is 0.747. The number of nitrogens with one attached hydrogen (secondary N) is 1. The van der Waals surface area contributed by atoms with Gasteiger partial charge >= 0.3 is 6.18 Å². The van der Waals surface area contributed by atoms with Crippen LogP contribution in [-0.2, 0) is 12.6 Å². The highest BCUT2D eigenvalue weighted by molar-refractivity contribution is 5.84. The van der Waals surface area contributed by atoms with Crippen molar-refractivity contribution in [3.05, 3.63) is 35.5 Å². The van der Waals surface area contributed by atoms with E-state index < -0.39 is 11.7 Å². The van der Waals surface area contributed by atoms with Gasteiger partial charge in [-0.05, 0) is 42.5 Å². The van der Waals surface area contributed by atoms with E-state index in [2.05, 4.69) is 4.98 Å². The third-order valence-corrected chi connectivity index (χ3v) is 4.64. The molecule has 0 aliphatic heterocycles. The Labute approximate surface area is 122 Å². The number of rotatable bonds is 3. The monoisotopic (exact) mass is 295 g/mol. The van der Waals surface area contributed by atoms with Gasteiger partial charge in [0.05, 0.1) is 5.56 Å². The van der Waals surface area contributed by atoms with Crippen LogP contribution in [0.2, 0.25) is 0 Å². The topological polar surface area (TPSA) is 15.8 Å². The van der Waals surface area contributed by atoms with Crippen molar-refractivity contribution in [2.24, 2.45) is 5.92 Å². The lowest BCUT2D eigenvalue weighted by Gasteiger charge is -2.21. The molecule has 1 fully saturated rings. The van der Waals surface area contributed by atoms with Crippen molar-refractivity contribution in [3.63, 3.8) is 0 Å². The number of hydrogen-bond donors (Lipinski definition) is 1. The van der Waals surface area contributed by atoms with Gasteiger partial charge in [0.25, 0.3) is 0 Å². The number of benzene rings is 1. The third-order valence-electron chi connectivity index (χ3n) is 4.64. The highest BCUT2D eigenvalue weighted by atomic mass is 19.4. The zero-order valence-corrected chi connectivity index (χ0v) is 12.0. The van der Waals surface area contributed by atoms with E-state index in [0.29, 0.717) is 0 Å². The average Bonchev–Trinajstić information content (AvgIpc) is 2.87. The summed E-state index contributed by atoms with van der Waals surface area (Å²) in [5, 5.41) is 0.723. The summed E-state index contributed by atoms with van der Waals surface area (Å²) in [6.07, 6.45) is 6.04. The molecule has 3 rings (SSSR count). The van der Waals surface area contributed by atoms with Crippen LogP contribution in [0, 0.1) is 5.92 Å². The maximum Gasteiger partial charge on any atom is 0.416 e. The number of hydrogen-bond acceptors (Lipinski definition) is 0. The number of fused-ring (bicyclic) bond motifs is 1. The summed E-state index contributed by atoms with van der Waals surface area (Å²) in [5.41, 5.74) is 1.25. The average molecular weight is 295 g/mol. The Morgan fingerprint density at radius 2 is 1.86 bits per heavy atom. The molecule has 1 saturated carbocycles. The molecule has 0 atom stereocenters. The molecule has 114 valence electrons. The van der Waals surface area contributed by atoms with Crippen molar-refractivity contribution < 1.29 is 13.2 Å². The van der Waals surface area contributed by atoms with E-state index in [0.717, 1.165) is 41.3 Å². The van der Waals surface area contributed by atoms with Gasteiger partial charge in [0.15, 0.2) is 0 Å². The fraction of sp³-hybridized carbons (Fsp3) is 0.529. The zero-order valence-electron chi connectivity index (χ0n) is 12.0. The SMILES string of the molecule is FC(F)(F)c1ccc2[nH]cc(CCC3CCCCC3)c2c1. The standard InChI is InChI=1S/C17H20F3N/c18-17(19,20)14-8-9-16-15(10-14)13(11-21-16)7-6-12-4-2-1-3-5-12/h8-12,21H,1-7H2. The van der Waals surface area contributed by atoms with E-state index in [4.69, 9.17) is 0 Å². The first-order chi connectivity index (χ1) is 10.0. The zero-order chi connectivity index (χ0) is 14.9. The van der Waals surface area contributed by atoms with Gasteiger partial charge in [-0.1, -0.05) is 32.1 Å². The second kappa shape index (κ2) is 5.74. The van der Waals surface area contributed by atoms with E-state index in [1.165, 1.54) is 44.2 Å². The summed E-state index contributed by atoms with van der Waals surface area (Å²) in [7, 11) is 0. The van der Waals surface area contributed by atoms with Crippen LogP contribution in [0.1, 0.15) is 49.7 Å². The molecule has 0 amide bonds. The summed E-state index contributed by atoms with van der Waals surface area (Å²) in [5.74, 6) is 0.745. The lowest BCUT2D eigenvalue weighted by Crippen LogP contribution is -2.07. The second-order valence-electron chi connectivity index (χ2n) is 6.11. The van der Waals surface area contributed by atoms with Gasteiger partial charge in [0.2, 0.25) is 0 Å². The van der Waals surface area contributed by atoms with Crippen LogP contribution in [0.5, 0.6) is 0 Å². The molecule has 2 aromatic rings.